The van der Waals surface area contributed by atoms with Crippen LogP contribution in [0.25, 0.3) is 0 Å². The lowest BCUT2D eigenvalue weighted by Gasteiger charge is -2.21. The summed E-state index contributed by atoms with van der Waals surface area (Å²) in [6.45, 7) is -0.0486. The van der Waals surface area contributed by atoms with Crippen molar-refractivity contribution in [1.29, 1.82) is 0 Å². The van der Waals surface area contributed by atoms with Crippen LogP contribution in [0, 0.1) is 0 Å². The molecule has 0 unspecified atom stereocenters. The zero-order valence-electron chi connectivity index (χ0n) is 16.8. The molecule has 1 saturated carbocycles. The average Bonchev–Trinajstić information content (AvgIpc) is 2.66. The second kappa shape index (κ2) is 11.7. The summed E-state index contributed by atoms with van der Waals surface area (Å²) in [4.78, 5) is 38.6. The van der Waals surface area contributed by atoms with E-state index in [1.54, 1.807) is 26.2 Å². The highest BCUT2D eigenvalue weighted by Crippen LogP contribution is 2.23. The van der Waals surface area contributed by atoms with E-state index < -0.39 is 0 Å². The molecule has 0 atom stereocenters. The number of nitrogens with one attached hydrogen (secondary N) is 2. The van der Waals surface area contributed by atoms with Crippen LogP contribution in [-0.2, 0) is 9.59 Å². The molecule has 0 saturated heterocycles. The first-order chi connectivity index (χ1) is 13.5. The average molecular weight is 406 g/mol. The summed E-state index contributed by atoms with van der Waals surface area (Å²) in [6.07, 6.45) is 8.25. The van der Waals surface area contributed by atoms with Crippen LogP contribution < -0.4 is 10.6 Å². The summed E-state index contributed by atoms with van der Waals surface area (Å²) in [7, 11) is 3.29. The van der Waals surface area contributed by atoms with Crippen LogP contribution in [0.1, 0.15) is 55.3 Å². The molecule has 2 N–H and O–H groups in total. The van der Waals surface area contributed by atoms with E-state index in [9.17, 15) is 14.4 Å². The standard InChI is InChI=1S/C21H31N3O3S/c1-24(2)20(26)14-22-21(27)17-12-8-9-13-18(17)28-15-19(25)23-16-10-6-4-3-5-7-11-16/h8-9,12-13,16H,3-7,10-11,14-15H2,1-2H3,(H,22,27)(H,23,25). The van der Waals surface area contributed by atoms with Crippen LogP contribution in [0.5, 0.6) is 0 Å². The fourth-order valence-electron chi connectivity index (χ4n) is 3.20. The lowest BCUT2D eigenvalue weighted by molar-refractivity contribution is -0.127. The van der Waals surface area contributed by atoms with Gasteiger partial charge >= 0.3 is 0 Å². The van der Waals surface area contributed by atoms with Gasteiger partial charge < -0.3 is 15.5 Å². The molecule has 6 nitrogen and oxygen atoms in total. The molecule has 1 aromatic carbocycles. The third-order valence-corrected chi connectivity index (χ3v) is 5.93. The van der Waals surface area contributed by atoms with Gasteiger partial charge in [-0.25, -0.2) is 0 Å². The Morgan fingerprint density at radius 1 is 1.04 bits per heavy atom. The first-order valence-corrected chi connectivity index (χ1v) is 11.0. The van der Waals surface area contributed by atoms with Crippen molar-refractivity contribution in [3.8, 4) is 0 Å². The number of hydrogen-bond donors (Lipinski definition) is 2. The first-order valence-electron chi connectivity index (χ1n) is 9.97. The van der Waals surface area contributed by atoms with Crippen molar-refractivity contribution in [2.75, 3.05) is 26.4 Å². The van der Waals surface area contributed by atoms with E-state index in [0.717, 1.165) is 17.7 Å². The number of benzene rings is 1. The van der Waals surface area contributed by atoms with Gasteiger partial charge in [-0.2, -0.15) is 0 Å². The monoisotopic (exact) mass is 405 g/mol. The maximum absolute atomic E-state index is 12.4. The van der Waals surface area contributed by atoms with Crippen molar-refractivity contribution in [1.82, 2.24) is 15.5 Å². The quantitative estimate of drug-likeness (QED) is 0.684. The number of nitrogens with zero attached hydrogens (tertiary/aromatic N) is 1. The van der Waals surface area contributed by atoms with Gasteiger partial charge in [0.25, 0.3) is 5.91 Å². The first kappa shape index (κ1) is 22.3. The van der Waals surface area contributed by atoms with Crippen LogP contribution in [0.2, 0.25) is 0 Å². The zero-order chi connectivity index (χ0) is 20.4. The van der Waals surface area contributed by atoms with E-state index in [-0.39, 0.29) is 36.1 Å². The molecule has 3 amide bonds. The Bertz CT molecular complexity index is 671. The summed E-state index contributed by atoms with van der Waals surface area (Å²) in [6, 6.07) is 7.43. The molecule has 0 aliphatic heterocycles. The molecule has 0 spiro atoms. The molecule has 1 aromatic rings. The Balaban J connectivity index is 1.87. The number of hydrogen-bond acceptors (Lipinski definition) is 4. The number of carbonyl (C=O) groups is 3. The minimum atomic E-state index is -0.307. The lowest BCUT2D eigenvalue weighted by Crippen LogP contribution is -2.37. The lowest BCUT2D eigenvalue weighted by atomic mass is 9.97. The number of carbonyl (C=O) groups excluding carboxylic acids is 3. The normalized spacial score (nSPS) is 15.2. The predicted molar refractivity (Wildman–Crippen MR) is 112 cm³/mol. The number of rotatable bonds is 7. The van der Waals surface area contributed by atoms with Crippen molar-refractivity contribution < 1.29 is 14.4 Å². The Hall–Kier alpha value is -2.02. The van der Waals surface area contributed by atoms with Gasteiger partial charge in [0.15, 0.2) is 0 Å². The fourth-order valence-corrected chi connectivity index (χ4v) is 4.06. The van der Waals surface area contributed by atoms with Crippen molar-refractivity contribution >= 4 is 29.5 Å². The van der Waals surface area contributed by atoms with E-state index in [1.165, 1.54) is 48.8 Å². The molecule has 0 heterocycles. The minimum Gasteiger partial charge on any atom is -0.353 e. The maximum atomic E-state index is 12.4. The second-order valence-electron chi connectivity index (χ2n) is 7.37. The van der Waals surface area contributed by atoms with Crippen LogP contribution in [-0.4, -0.2) is 55.1 Å². The Kier molecular flexibility index (Phi) is 9.34. The predicted octanol–water partition coefficient (Wildman–Crippen LogP) is 2.83. The van der Waals surface area contributed by atoms with Crippen molar-refractivity contribution in [3.63, 3.8) is 0 Å². The molecule has 2 rings (SSSR count). The second-order valence-corrected chi connectivity index (χ2v) is 8.38. The minimum absolute atomic E-state index is 0.00794. The largest absolute Gasteiger partial charge is 0.353 e. The summed E-state index contributed by atoms with van der Waals surface area (Å²) in [5, 5.41) is 5.79. The summed E-state index contributed by atoms with van der Waals surface area (Å²) in [5.41, 5.74) is 0.484. The number of thioether (sulfide) groups is 1. The Labute approximate surface area is 171 Å². The molecule has 0 bridgehead atoms. The molecule has 1 fully saturated rings. The van der Waals surface area contributed by atoms with E-state index >= 15 is 0 Å². The molecule has 28 heavy (non-hydrogen) atoms. The summed E-state index contributed by atoms with van der Waals surface area (Å²) < 4.78 is 0. The van der Waals surface area contributed by atoms with E-state index in [0.29, 0.717) is 5.56 Å². The maximum Gasteiger partial charge on any atom is 0.252 e. The molecule has 0 aromatic heterocycles. The SMILES string of the molecule is CN(C)C(=O)CNC(=O)c1ccccc1SCC(=O)NC1CCCCCCC1. The van der Waals surface area contributed by atoms with Gasteiger partial charge in [-0.1, -0.05) is 44.2 Å². The number of amides is 3. The van der Waals surface area contributed by atoms with Gasteiger partial charge in [-0.05, 0) is 25.0 Å². The van der Waals surface area contributed by atoms with Crippen LogP contribution in [0.4, 0.5) is 0 Å². The highest BCUT2D eigenvalue weighted by atomic mass is 32.2. The highest BCUT2D eigenvalue weighted by Gasteiger charge is 2.17. The molecular formula is C21H31N3O3S. The van der Waals surface area contributed by atoms with Gasteiger partial charge in [0.1, 0.15) is 0 Å². The molecule has 1 aliphatic carbocycles. The summed E-state index contributed by atoms with van der Waals surface area (Å²) >= 11 is 1.35. The molecule has 7 heteroatoms. The Morgan fingerprint density at radius 3 is 2.36 bits per heavy atom. The Morgan fingerprint density at radius 2 is 1.68 bits per heavy atom. The zero-order valence-corrected chi connectivity index (χ0v) is 17.6. The van der Waals surface area contributed by atoms with Crippen molar-refractivity contribution in [2.45, 2.75) is 55.9 Å². The van der Waals surface area contributed by atoms with Crippen molar-refractivity contribution in [2.24, 2.45) is 0 Å². The molecular weight excluding hydrogens is 374 g/mol. The molecule has 154 valence electrons. The van der Waals surface area contributed by atoms with Crippen LogP contribution in [0.3, 0.4) is 0 Å². The third kappa shape index (κ3) is 7.54. The van der Waals surface area contributed by atoms with Gasteiger partial charge in [-0.15, -0.1) is 11.8 Å². The van der Waals surface area contributed by atoms with E-state index in [4.69, 9.17) is 0 Å². The van der Waals surface area contributed by atoms with Gasteiger partial charge in [-0.3, -0.25) is 14.4 Å². The van der Waals surface area contributed by atoms with Crippen LogP contribution >= 0.6 is 11.8 Å². The highest BCUT2D eigenvalue weighted by molar-refractivity contribution is 8.00. The van der Waals surface area contributed by atoms with Gasteiger partial charge in [0.2, 0.25) is 11.8 Å². The third-order valence-electron chi connectivity index (χ3n) is 4.86. The van der Waals surface area contributed by atoms with E-state index in [1.807, 2.05) is 12.1 Å². The van der Waals surface area contributed by atoms with Crippen molar-refractivity contribution in [3.05, 3.63) is 29.8 Å². The topological polar surface area (TPSA) is 78.5 Å². The van der Waals surface area contributed by atoms with E-state index in [2.05, 4.69) is 10.6 Å². The molecule has 0 radical (unpaired) electrons. The van der Waals surface area contributed by atoms with Crippen LogP contribution in [0.15, 0.2) is 29.2 Å². The number of likely N-dealkylation sites (N-methyl/N-ethyl adjacent to an activating group) is 1. The fraction of sp³-hybridized carbons (Fsp3) is 0.571. The molecule has 1 aliphatic rings. The van der Waals surface area contributed by atoms with Gasteiger partial charge in [0.05, 0.1) is 17.9 Å². The summed E-state index contributed by atoms with van der Waals surface area (Å²) in [5.74, 6) is -0.193. The van der Waals surface area contributed by atoms with Gasteiger partial charge in [0, 0.05) is 25.0 Å². The smallest absolute Gasteiger partial charge is 0.252 e.